The van der Waals surface area contributed by atoms with E-state index in [4.69, 9.17) is 8.85 Å². The van der Waals surface area contributed by atoms with Crippen LogP contribution in [0.1, 0.15) is 74.8 Å². The van der Waals surface area contributed by atoms with Gasteiger partial charge in [-0.1, -0.05) is 41.5 Å². The van der Waals surface area contributed by atoms with Gasteiger partial charge in [0.2, 0.25) is 0 Å². The van der Waals surface area contributed by atoms with Crippen LogP contribution < -0.4 is 4.90 Å². The summed E-state index contributed by atoms with van der Waals surface area (Å²) in [4.78, 5) is 12.9. The van der Waals surface area contributed by atoms with Gasteiger partial charge in [-0.25, -0.2) is 0 Å². The van der Waals surface area contributed by atoms with Gasteiger partial charge in [-0.2, -0.15) is 10.2 Å². The molecule has 10 heteroatoms. The number of nitro groups is 1. The van der Waals surface area contributed by atoms with Crippen molar-refractivity contribution in [3.63, 3.8) is 0 Å². The smallest absolute Gasteiger partial charge is 0.269 e. The van der Waals surface area contributed by atoms with Crippen molar-refractivity contribution in [2.24, 2.45) is 10.2 Å². The van der Waals surface area contributed by atoms with E-state index in [0.717, 1.165) is 16.9 Å². The first-order valence-electron chi connectivity index (χ1n) is 13.5. The number of nitrogens with zero attached hydrogens (tertiary/aromatic N) is 4. The van der Waals surface area contributed by atoms with Gasteiger partial charge in [0.05, 0.1) is 40.6 Å². The van der Waals surface area contributed by atoms with Gasteiger partial charge in [0.1, 0.15) is 0 Å². The summed E-state index contributed by atoms with van der Waals surface area (Å²) in [6.07, 6.45) is 0. The van der Waals surface area contributed by atoms with Crippen molar-refractivity contribution in [2.75, 3.05) is 18.1 Å². The molecule has 0 aliphatic rings. The zero-order chi connectivity index (χ0) is 29.6. The lowest BCUT2D eigenvalue weighted by atomic mass is 9.92. The summed E-state index contributed by atoms with van der Waals surface area (Å²) in [5.74, 6) is 0. The van der Waals surface area contributed by atoms with Gasteiger partial charge in [0.25, 0.3) is 5.69 Å². The average molecular weight is 573 g/mol. The molecule has 2 aromatic carbocycles. The van der Waals surface area contributed by atoms with Crippen LogP contribution in [0.15, 0.2) is 52.7 Å². The zero-order valence-electron chi connectivity index (χ0n) is 25.8. The van der Waals surface area contributed by atoms with E-state index in [-0.39, 0.29) is 26.8 Å². The molecule has 0 saturated carbocycles. The van der Waals surface area contributed by atoms with E-state index in [1.165, 1.54) is 12.1 Å². The van der Waals surface area contributed by atoms with Crippen molar-refractivity contribution in [1.29, 1.82) is 0 Å². The van der Waals surface area contributed by atoms with Crippen LogP contribution >= 0.6 is 0 Å². The monoisotopic (exact) mass is 572 g/mol. The van der Waals surface area contributed by atoms with E-state index in [9.17, 15) is 10.1 Å². The molecule has 0 aromatic heterocycles. The van der Waals surface area contributed by atoms with Crippen LogP contribution in [-0.4, -0.2) is 48.7 Å². The predicted molar refractivity (Wildman–Crippen MR) is 168 cm³/mol. The van der Waals surface area contributed by atoms with E-state index in [0.29, 0.717) is 18.9 Å². The maximum atomic E-state index is 10.9. The second-order valence-electron chi connectivity index (χ2n) is 14.0. The minimum absolute atomic E-state index is 0.0306. The topological polar surface area (TPSA) is 89.6 Å². The Labute approximate surface area is 239 Å². The Morgan fingerprint density at radius 1 is 0.795 bits per heavy atom. The van der Waals surface area contributed by atoms with Crippen LogP contribution in [0.4, 0.5) is 22.7 Å². The third-order valence-corrected chi connectivity index (χ3v) is 8.51. The van der Waals surface area contributed by atoms with E-state index in [2.05, 4.69) is 96.5 Å². The van der Waals surface area contributed by atoms with Crippen LogP contribution in [-0.2, 0) is 8.85 Å². The summed E-state index contributed by atoms with van der Waals surface area (Å²) < 4.78 is 12.7. The van der Waals surface area contributed by atoms with Gasteiger partial charge >= 0.3 is 0 Å². The summed E-state index contributed by atoms with van der Waals surface area (Å²) in [6.45, 7) is 25.7. The highest BCUT2D eigenvalue weighted by Gasteiger charge is 2.39. The number of rotatable bonds is 12. The second-order valence-corrected chi connectivity index (χ2v) is 19.6. The van der Waals surface area contributed by atoms with Crippen LogP contribution in [0.25, 0.3) is 0 Å². The molecule has 0 fully saturated rings. The molecule has 0 unspecified atom stereocenters. The number of benzene rings is 2. The Morgan fingerprint density at radius 3 is 1.69 bits per heavy atom. The first-order valence-corrected chi connectivity index (χ1v) is 16.1. The van der Waals surface area contributed by atoms with Crippen molar-refractivity contribution in [3.8, 4) is 0 Å². The molecule has 0 atom stereocenters. The molecule has 8 nitrogen and oxygen atoms in total. The SMILES string of the molecule is Cc1cc(N(C(C)(C)CO[SiH2]C(C)(C)C)C(C)(C)CO[SiH2]C(C)(C)C)ccc1N=Nc1ccc([N+](=O)[O-])cc1. The highest BCUT2D eigenvalue weighted by molar-refractivity contribution is 6.32. The maximum absolute atomic E-state index is 10.9. The Morgan fingerprint density at radius 2 is 1.28 bits per heavy atom. The predicted octanol–water partition coefficient (Wildman–Crippen LogP) is 7.32. The fourth-order valence-electron chi connectivity index (χ4n) is 4.50. The number of nitro benzene ring substituents is 1. The van der Waals surface area contributed by atoms with Crippen molar-refractivity contribution in [3.05, 3.63) is 58.1 Å². The van der Waals surface area contributed by atoms with Gasteiger partial charge < -0.3 is 13.8 Å². The van der Waals surface area contributed by atoms with Crippen LogP contribution in [0.2, 0.25) is 10.1 Å². The number of anilines is 1. The summed E-state index contributed by atoms with van der Waals surface area (Å²) in [7, 11) is -1.38. The third kappa shape index (κ3) is 10.6. The van der Waals surface area contributed by atoms with Crippen molar-refractivity contribution in [2.45, 2.75) is 97.3 Å². The molecule has 0 N–H and O–H groups in total. The average Bonchev–Trinajstić information content (AvgIpc) is 2.76. The Bertz CT molecular complexity index is 1110. The van der Waals surface area contributed by atoms with Gasteiger partial charge in [-0.3, -0.25) is 10.1 Å². The number of azo groups is 1. The molecular formula is C29H48N4O4Si2. The molecule has 0 aliphatic heterocycles. The summed E-state index contributed by atoms with van der Waals surface area (Å²) in [6, 6.07) is 12.3. The molecule has 216 valence electrons. The lowest BCUT2D eigenvalue weighted by Crippen LogP contribution is -2.60. The van der Waals surface area contributed by atoms with E-state index < -0.39 is 24.4 Å². The quantitative estimate of drug-likeness (QED) is 0.115. The standard InChI is InChI=1S/C29H48N4O4Si2/c1-21-18-24(16-17-25(21)31-30-22-12-14-23(15-13-22)33(34)35)32(28(8,9)19-36-38-26(2,3)4)29(10,11)20-37-39-27(5,6)7/h12-18H,19-20,38-39H2,1-11H3. The van der Waals surface area contributed by atoms with Gasteiger partial charge in [0.15, 0.2) is 19.5 Å². The van der Waals surface area contributed by atoms with Gasteiger partial charge in [-0.05, 0) is 80.6 Å². The molecule has 2 aromatic rings. The number of hydrogen-bond acceptors (Lipinski definition) is 7. The molecule has 0 amide bonds. The van der Waals surface area contributed by atoms with Crippen LogP contribution in [0, 0.1) is 17.0 Å². The van der Waals surface area contributed by atoms with Crippen LogP contribution in [0.5, 0.6) is 0 Å². The Balaban J connectivity index is 2.36. The summed E-state index contributed by atoms with van der Waals surface area (Å²) in [5.41, 5.74) is 2.87. The first kappa shape index (κ1) is 32.8. The second kappa shape index (κ2) is 12.8. The molecule has 0 aliphatic carbocycles. The molecule has 2 rings (SSSR count). The fraction of sp³-hybridized carbons (Fsp3) is 0.586. The van der Waals surface area contributed by atoms with E-state index in [1.807, 2.05) is 13.0 Å². The van der Waals surface area contributed by atoms with Crippen molar-refractivity contribution >= 4 is 42.3 Å². The molecule has 0 spiro atoms. The van der Waals surface area contributed by atoms with Crippen LogP contribution in [0.3, 0.4) is 0 Å². The van der Waals surface area contributed by atoms with E-state index >= 15 is 0 Å². The molecule has 39 heavy (non-hydrogen) atoms. The Kier molecular flexibility index (Phi) is 10.8. The minimum atomic E-state index is -0.690. The fourth-order valence-corrected chi connectivity index (χ4v) is 6.93. The molecule has 0 bridgehead atoms. The number of hydrogen-bond donors (Lipinski definition) is 0. The van der Waals surface area contributed by atoms with E-state index in [1.54, 1.807) is 12.1 Å². The summed E-state index contributed by atoms with van der Waals surface area (Å²) >= 11 is 0. The number of non-ortho nitro benzene ring substituents is 1. The summed E-state index contributed by atoms with van der Waals surface area (Å²) in [5, 5.41) is 20.1. The molecule has 0 saturated heterocycles. The zero-order valence-corrected chi connectivity index (χ0v) is 28.6. The highest BCUT2D eigenvalue weighted by Crippen LogP contribution is 2.37. The molecule has 0 radical (unpaired) electrons. The van der Waals surface area contributed by atoms with Crippen molar-refractivity contribution in [1.82, 2.24) is 0 Å². The maximum Gasteiger partial charge on any atom is 0.269 e. The van der Waals surface area contributed by atoms with Gasteiger partial charge in [-0.15, -0.1) is 0 Å². The third-order valence-electron chi connectivity index (χ3n) is 5.96. The normalized spacial score (nSPS) is 13.8. The van der Waals surface area contributed by atoms with Crippen molar-refractivity contribution < 1.29 is 13.8 Å². The molecular weight excluding hydrogens is 525 g/mol. The number of aryl methyl sites for hydroxylation is 1. The first-order chi connectivity index (χ1) is 17.8. The van der Waals surface area contributed by atoms with Gasteiger partial charge in [0, 0.05) is 17.8 Å². The molecule has 0 heterocycles. The minimum Gasteiger partial charge on any atom is -0.421 e. The Hall–Kier alpha value is -2.41. The largest absolute Gasteiger partial charge is 0.421 e. The lowest BCUT2D eigenvalue weighted by molar-refractivity contribution is -0.384. The highest BCUT2D eigenvalue weighted by atomic mass is 28.2. The lowest BCUT2D eigenvalue weighted by Gasteiger charge is -2.50.